The van der Waals surface area contributed by atoms with E-state index in [0.29, 0.717) is 24.8 Å². The van der Waals surface area contributed by atoms with Crippen molar-refractivity contribution in [1.82, 2.24) is 8.87 Å². The molecular weight excluding hydrogens is 386 g/mol. The van der Waals surface area contributed by atoms with Gasteiger partial charge in [-0.15, -0.1) is 0 Å². The fourth-order valence-electron chi connectivity index (χ4n) is 3.08. The Balaban J connectivity index is 1.91. The van der Waals surface area contributed by atoms with Gasteiger partial charge in [0.15, 0.2) is 6.73 Å². The van der Waals surface area contributed by atoms with Crippen molar-refractivity contribution in [2.75, 3.05) is 19.7 Å². The van der Waals surface area contributed by atoms with E-state index in [4.69, 9.17) is 15.2 Å². The fraction of sp³-hybridized carbons (Fsp3) is 0.444. The fourth-order valence-corrected chi connectivity index (χ4v) is 4.79. The maximum absolute atomic E-state index is 13.0. The molecule has 1 fully saturated rings. The van der Waals surface area contributed by atoms with Gasteiger partial charge in [0, 0.05) is 36.1 Å². The molecule has 1 aromatic carbocycles. The molecule has 9 nitrogen and oxygen atoms in total. The van der Waals surface area contributed by atoms with E-state index in [-0.39, 0.29) is 36.2 Å². The summed E-state index contributed by atoms with van der Waals surface area (Å²) in [4.78, 5) is 24.2. The highest BCUT2D eigenvalue weighted by molar-refractivity contribution is 7.89. The maximum atomic E-state index is 13.0. The zero-order valence-corrected chi connectivity index (χ0v) is 16.4. The topological polar surface area (TPSA) is 121 Å². The Kier molecular flexibility index (Phi) is 6.01. The number of nitrogens with zero attached hydrogens (tertiary/aromatic N) is 2. The van der Waals surface area contributed by atoms with Crippen LogP contribution in [0.5, 0.6) is 0 Å². The first-order chi connectivity index (χ1) is 13.3. The number of ether oxygens (including phenoxy) is 2. The zero-order valence-electron chi connectivity index (χ0n) is 15.5. The molecule has 0 saturated carbocycles. The lowest BCUT2D eigenvalue weighted by Gasteiger charge is -2.17. The van der Waals surface area contributed by atoms with Crippen molar-refractivity contribution in [3.63, 3.8) is 0 Å². The van der Waals surface area contributed by atoms with E-state index >= 15 is 0 Å². The summed E-state index contributed by atoms with van der Waals surface area (Å²) >= 11 is 0. The van der Waals surface area contributed by atoms with Gasteiger partial charge in [-0.25, -0.2) is 13.2 Å². The Labute approximate surface area is 162 Å². The van der Waals surface area contributed by atoms with E-state index in [1.54, 1.807) is 0 Å². The highest BCUT2D eigenvalue weighted by Crippen LogP contribution is 2.26. The summed E-state index contributed by atoms with van der Waals surface area (Å²) in [5.74, 6) is 0. The van der Waals surface area contributed by atoms with Crippen molar-refractivity contribution >= 4 is 27.0 Å². The summed E-state index contributed by atoms with van der Waals surface area (Å²) in [5.41, 5.74) is 5.37. The maximum Gasteiger partial charge on any atom is 0.510 e. The van der Waals surface area contributed by atoms with Crippen LogP contribution in [0.1, 0.15) is 19.8 Å². The summed E-state index contributed by atoms with van der Waals surface area (Å²) < 4.78 is 38.2. The van der Waals surface area contributed by atoms with Crippen LogP contribution in [0.3, 0.4) is 0 Å². The van der Waals surface area contributed by atoms with Gasteiger partial charge >= 0.3 is 6.16 Å². The van der Waals surface area contributed by atoms with Crippen molar-refractivity contribution in [2.45, 2.75) is 37.4 Å². The molecule has 1 saturated heterocycles. The molecule has 0 bridgehead atoms. The largest absolute Gasteiger partial charge is 0.510 e. The second kappa shape index (κ2) is 8.29. The molecule has 0 amide bonds. The number of sulfonamides is 1. The molecular formula is C18H23N3O6S. The second-order valence-electron chi connectivity index (χ2n) is 6.59. The van der Waals surface area contributed by atoms with Crippen LogP contribution in [0.2, 0.25) is 0 Å². The van der Waals surface area contributed by atoms with Gasteiger partial charge in [-0.2, -0.15) is 4.31 Å². The molecule has 1 atom stereocenters. The second-order valence-corrected chi connectivity index (χ2v) is 8.50. The molecule has 1 aliphatic rings. The zero-order chi connectivity index (χ0) is 20.3. The molecule has 2 aromatic rings. The van der Waals surface area contributed by atoms with Gasteiger partial charge in [0.25, 0.3) is 5.56 Å². The Morgan fingerprint density at radius 2 is 2.04 bits per heavy atom. The highest BCUT2D eigenvalue weighted by atomic mass is 32.2. The molecule has 0 spiro atoms. The molecule has 1 aliphatic heterocycles. The van der Waals surface area contributed by atoms with Crippen LogP contribution in [0.25, 0.3) is 10.8 Å². The average molecular weight is 409 g/mol. The molecule has 10 heteroatoms. The van der Waals surface area contributed by atoms with Gasteiger partial charge in [-0.3, -0.25) is 9.36 Å². The van der Waals surface area contributed by atoms with Gasteiger partial charge in [0.1, 0.15) is 0 Å². The van der Waals surface area contributed by atoms with E-state index in [1.807, 2.05) is 6.92 Å². The normalized spacial score (nSPS) is 17.7. The first-order valence-corrected chi connectivity index (χ1v) is 10.5. The van der Waals surface area contributed by atoms with Crippen molar-refractivity contribution in [2.24, 2.45) is 5.73 Å². The van der Waals surface area contributed by atoms with Gasteiger partial charge < -0.3 is 15.2 Å². The molecule has 0 aliphatic carbocycles. The number of hydrogen-bond donors (Lipinski definition) is 1. The minimum atomic E-state index is -3.76. The summed E-state index contributed by atoms with van der Waals surface area (Å²) in [7, 11) is -3.76. The van der Waals surface area contributed by atoms with E-state index in [0.717, 1.165) is 0 Å². The van der Waals surface area contributed by atoms with Gasteiger partial charge in [-0.05, 0) is 31.0 Å². The summed E-state index contributed by atoms with van der Waals surface area (Å²) in [6, 6.07) is 5.88. The Hall–Kier alpha value is -2.43. The van der Waals surface area contributed by atoms with Crippen LogP contribution in [-0.4, -0.2) is 49.2 Å². The Morgan fingerprint density at radius 1 is 1.25 bits per heavy atom. The van der Waals surface area contributed by atoms with Crippen molar-refractivity contribution in [3.05, 3.63) is 40.8 Å². The number of hydrogen-bond acceptors (Lipinski definition) is 7. The number of pyridine rings is 1. The van der Waals surface area contributed by atoms with Gasteiger partial charge in [0.05, 0.1) is 11.5 Å². The van der Waals surface area contributed by atoms with Crippen molar-refractivity contribution in [1.29, 1.82) is 0 Å². The monoisotopic (exact) mass is 409 g/mol. The summed E-state index contributed by atoms with van der Waals surface area (Å²) in [6.45, 7) is 2.36. The molecule has 3 rings (SSSR count). The van der Waals surface area contributed by atoms with Crippen LogP contribution >= 0.6 is 0 Å². The lowest BCUT2D eigenvalue weighted by atomic mass is 10.2. The molecule has 0 radical (unpaired) electrons. The van der Waals surface area contributed by atoms with Crippen LogP contribution in [0, 0.1) is 0 Å². The molecule has 2 N–H and O–H groups in total. The third kappa shape index (κ3) is 4.03. The molecule has 0 unspecified atom stereocenters. The third-order valence-corrected chi connectivity index (χ3v) is 6.45. The number of fused-ring (bicyclic) bond motifs is 1. The van der Waals surface area contributed by atoms with Gasteiger partial charge in [-0.1, -0.05) is 13.0 Å². The number of benzene rings is 1. The minimum absolute atomic E-state index is 0.0617. The first-order valence-electron chi connectivity index (χ1n) is 9.02. The third-order valence-electron chi connectivity index (χ3n) is 4.53. The van der Waals surface area contributed by atoms with Crippen LogP contribution < -0.4 is 11.3 Å². The highest BCUT2D eigenvalue weighted by Gasteiger charge is 2.32. The smallest absolute Gasteiger partial charge is 0.434 e. The average Bonchev–Trinajstić information content (AvgIpc) is 3.12. The number of aromatic nitrogens is 1. The quantitative estimate of drug-likeness (QED) is 0.713. The predicted molar refractivity (Wildman–Crippen MR) is 102 cm³/mol. The van der Waals surface area contributed by atoms with Crippen molar-refractivity contribution < 1.29 is 22.7 Å². The number of nitrogens with two attached hydrogens (primary N) is 1. The summed E-state index contributed by atoms with van der Waals surface area (Å²) in [6.07, 6.45) is 1.79. The Bertz CT molecular complexity index is 1030. The van der Waals surface area contributed by atoms with E-state index in [1.165, 1.54) is 39.3 Å². The first kappa shape index (κ1) is 20.3. The number of carbonyl (C=O) groups excluding carboxylic acids is 1. The predicted octanol–water partition coefficient (Wildman–Crippen LogP) is 1.24. The number of carbonyl (C=O) groups is 1. The molecule has 2 heterocycles. The lowest BCUT2D eigenvalue weighted by molar-refractivity contribution is 0.0331. The summed E-state index contributed by atoms with van der Waals surface area (Å²) in [5, 5.41) is 0.537. The van der Waals surface area contributed by atoms with E-state index in [9.17, 15) is 18.0 Å². The van der Waals surface area contributed by atoms with E-state index < -0.39 is 21.7 Å². The lowest BCUT2D eigenvalue weighted by Crippen LogP contribution is -2.32. The number of rotatable bonds is 6. The molecule has 152 valence electrons. The van der Waals surface area contributed by atoms with Gasteiger partial charge in [0.2, 0.25) is 10.0 Å². The van der Waals surface area contributed by atoms with Crippen LogP contribution in [0.4, 0.5) is 4.79 Å². The van der Waals surface area contributed by atoms with Crippen molar-refractivity contribution in [3.8, 4) is 0 Å². The SMILES string of the molecule is CCCOC(=O)OCn1ccc2c(S(=O)(=O)N3CC[C@@H](N)C3)cccc2c1=O. The minimum Gasteiger partial charge on any atom is -0.434 e. The van der Waals surface area contributed by atoms with E-state index in [2.05, 4.69) is 0 Å². The Morgan fingerprint density at radius 3 is 2.71 bits per heavy atom. The van der Waals surface area contributed by atoms with Crippen LogP contribution in [0.15, 0.2) is 40.2 Å². The molecule has 1 aromatic heterocycles. The standard InChI is InChI=1S/C18H23N3O6S/c1-2-10-26-18(23)27-12-20-8-7-14-15(17(20)22)4-3-5-16(14)28(24,25)21-9-6-13(19)11-21/h3-5,7-8,13H,2,6,9-12,19H2,1H3/t13-/m1/s1. The molecule has 28 heavy (non-hydrogen) atoms. The van der Waals surface area contributed by atoms with Crippen LogP contribution in [-0.2, 0) is 26.2 Å².